The number of thiophene rings is 1. The van der Waals surface area contributed by atoms with E-state index < -0.39 is 0 Å². The van der Waals surface area contributed by atoms with E-state index in [-0.39, 0.29) is 5.82 Å². The first-order valence-electron chi connectivity index (χ1n) is 6.56. The number of hydrogen-bond acceptors (Lipinski definition) is 4. The molecule has 0 aliphatic rings. The molecule has 0 spiro atoms. The lowest BCUT2D eigenvalue weighted by Crippen LogP contribution is -1.79. The van der Waals surface area contributed by atoms with Crippen LogP contribution in [-0.4, -0.2) is 4.98 Å². The van der Waals surface area contributed by atoms with Gasteiger partial charge in [0.2, 0.25) is 0 Å². The lowest BCUT2D eigenvalue weighted by Gasteiger charge is -1.96. The highest BCUT2D eigenvalue weighted by molar-refractivity contribution is 7.16. The average molecular weight is 326 g/mol. The molecule has 108 valence electrons. The summed E-state index contributed by atoms with van der Waals surface area (Å²) in [6.45, 7) is 1.91. The molecule has 0 saturated carbocycles. The van der Waals surface area contributed by atoms with Gasteiger partial charge in [-0.25, -0.2) is 9.37 Å². The molecule has 5 heteroatoms. The molecule has 0 aliphatic heterocycles. The molecule has 2 heterocycles. The van der Waals surface area contributed by atoms with Crippen molar-refractivity contribution in [2.24, 2.45) is 0 Å². The van der Waals surface area contributed by atoms with Crippen LogP contribution in [0.25, 0.3) is 22.1 Å². The topological polar surface area (TPSA) is 36.7 Å². The molecule has 22 heavy (non-hydrogen) atoms. The van der Waals surface area contributed by atoms with Crippen LogP contribution in [-0.2, 0) is 0 Å². The molecule has 3 rings (SSSR count). The first-order chi connectivity index (χ1) is 10.7. The van der Waals surface area contributed by atoms with Gasteiger partial charge in [-0.1, -0.05) is 12.1 Å². The number of aryl methyl sites for hydroxylation is 1. The van der Waals surface area contributed by atoms with E-state index >= 15 is 0 Å². The van der Waals surface area contributed by atoms with Crippen molar-refractivity contribution < 1.29 is 4.39 Å². The van der Waals surface area contributed by atoms with Gasteiger partial charge in [-0.15, -0.1) is 22.7 Å². The van der Waals surface area contributed by atoms with Crippen LogP contribution in [0.4, 0.5) is 4.39 Å². The van der Waals surface area contributed by atoms with Crippen LogP contribution in [0.1, 0.15) is 15.6 Å². The van der Waals surface area contributed by atoms with Crippen molar-refractivity contribution in [3.05, 3.63) is 63.2 Å². The van der Waals surface area contributed by atoms with Gasteiger partial charge < -0.3 is 0 Å². The van der Waals surface area contributed by atoms with Crippen molar-refractivity contribution in [3.63, 3.8) is 0 Å². The summed E-state index contributed by atoms with van der Waals surface area (Å²) in [6, 6.07) is 12.5. The van der Waals surface area contributed by atoms with Gasteiger partial charge in [-0.2, -0.15) is 5.26 Å². The number of hydrogen-bond donors (Lipinski definition) is 0. The Kier molecular flexibility index (Phi) is 4.14. The molecule has 3 aromatic rings. The third-order valence-corrected chi connectivity index (χ3v) is 5.09. The third kappa shape index (κ3) is 3.14. The summed E-state index contributed by atoms with van der Waals surface area (Å²) in [5.74, 6) is -0.244. The minimum Gasteiger partial charge on any atom is -0.241 e. The fourth-order valence-electron chi connectivity index (χ4n) is 1.96. The van der Waals surface area contributed by atoms with E-state index in [1.54, 1.807) is 23.5 Å². The summed E-state index contributed by atoms with van der Waals surface area (Å²) >= 11 is 3.03. The van der Waals surface area contributed by atoms with Crippen molar-refractivity contribution in [2.75, 3.05) is 0 Å². The summed E-state index contributed by atoms with van der Waals surface area (Å²) < 4.78 is 13.0. The quantitative estimate of drug-likeness (QED) is 0.606. The van der Waals surface area contributed by atoms with Crippen LogP contribution >= 0.6 is 22.7 Å². The zero-order valence-electron chi connectivity index (χ0n) is 11.7. The molecule has 0 fully saturated rings. The summed E-state index contributed by atoms with van der Waals surface area (Å²) in [5, 5.41) is 12.0. The van der Waals surface area contributed by atoms with Gasteiger partial charge in [-0.05, 0) is 42.8 Å². The zero-order chi connectivity index (χ0) is 15.5. The molecule has 0 saturated heterocycles. The number of halogens is 1. The molecule has 0 atom stereocenters. The molecule has 2 aromatic heterocycles. The number of nitriles is 1. The van der Waals surface area contributed by atoms with Crippen LogP contribution < -0.4 is 0 Å². The molecule has 0 bridgehead atoms. The first-order valence-corrected chi connectivity index (χ1v) is 8.25. The average Bonchev–Trinajstić information content (AvgIpc) is 3.15. The molecular weight excluding hydrogens is 315 g/mol. The van der Waals surface area contributed by atoms with E-state index in [0.29, 0.717) is 5.57 Å². The standard InChI is InChI=1S/C17H11FN2S2/c1-11-10-21-17(20-11)13(9-19)8-15-6-7-16(22-15)12-2-4-14(18)5-3-12/h2-8,10H,1H3/b13-8+. The maximum Gasteiger partial charge on any atom is 0.134 e. The first kappa shape index (κ1) is 14.6. The predicted octanol–water partition coefficient (Wildman–Crippen LogP) is 5.38. The van der Waals surface area contributed by atoms with E-state index in [1.165, 1.54) is 23.5 Å². The van der Waals surface area contributed by atoms with Crippen LogP contribution in [0.3, 0.4) is 0 Å². The monoisotopic (exact) mass is 326 g/mol. The highest BCUT2D eigenvalue weighted by Gasteiger charge is 2.07. The number of rotatable bonds is 3. The Morgan fingerprint density at radius 1 is 1.23 bits per heavy atom. The lowest BCUT2D eigenvalue weighted by molar-refractivity contribution is 0.628. The predicted molar refractivity (Wildman–Crippen MR) is 90.0 cm³/mol. The van der Waals surface area contributed by atoms with Gasteiger partial charge in [-0.3, -0.25) is 0 Å². The Morgan fingerprint density at radius 3 is 2.64 bits per heavy atom. The van der Waals surface area contributed by atoms with Gasteiger partial charge in [0.05, 0.1) is 5.57 Å². The summed E-state index contributed by atoms with van der Waals surface area (Å²) in [7, 11) is 0. The van der Waals surface area contributed by atoms with E-state index in [2.05, 4.69) is 11.1 Å². The van der Waals surface area contributed by atoms with Crippen LogP contribution in [0.15, 0.2) is 41.8 Å². The van der Waals surface area contributed by atoms with Gasteiger partial charge in [0.1, 0.15) is 16.9 Å². The van der Waals surface area contributed by atoms with Gasteiger partial charge in [0.15, 0.2) is 0 Å². The fourth-order valence-corrected chi connectivity index (χ4v) is 3.68. The molecule has 2 nitrogen and oxygen atoms in total. The van der Waals surface area contributed by atoms with Gasteiger partial charge in [0.25, 0.3) is 0 Å². The minimum atomic E-state index is -0.244. The van der Waals surface area contributed by atoms with Crippen LogP contribution in [0, 0.1) is 24.1 Å². The number of benzene rings is 1. The second-order valence-electron chi connectivity index (χ2n) is 4.67. The summed E-state index contributed by atoms with van der Waals surface area (Å²) in [5.41, 5.74) is 2.44. The Balaban J connectivity index is 1.91. The lowest BCUT2D eigenvalue weighted by atomic mass is 10.2. The maximum atomic E-state index is 13.0. The van der Waals surface area contributed by atoms with Crippen LogP contribution in [0.2, 0.25) is 0 Å². The zero-order valence-corrected chi connectivity index (χ0v) is 13.3. The maximum absolute atomic E-state index is 13.0. The molecule has 1 aromatic carbocycles. The van der Waals surface area contributed by atoms with E-state index in [9.17, 15) is 9.65 Å². The van der Waals surface area contributed by atoms with Gasteiger partial charge in [0, 0.05) is 20.8 Å². The van der Waals surface area contributed by atoms with E-state index in [0.717, 1.165) is 26.0 Å². The SMILES string of the molecule is Cc1csc(/C(C#N)=C/c2ccc(-c3ccc(F)cc3)s2)n1. The Hall–Kier alpha value is -2.29. The Labute approximate surface area is 135 Å². The Morgan fingerprint density at radius 2 is 2.00 bits per heavy atom. The van der Waals surface area contributed by atoms with Crippen molar-refractivity contribution >= 4 is 34.3 Å². The summed E-state index contributed by atoms with van der Waals surface area (Å²) in [4.78, 5) is 6.36. The molecule has 0 N–H and O–H groups in total. The normalized spacial score (nSPS) is 11.4. The van der Waals surface area contributed by atoms with Crippen LogP contribution in [0.5, 0.6) is 0 Å². The molecule has 0 amide bonds. The molecule has 0 radical (unpaired) electrons. The second-order valence-corrected chi connectivity index (χ2v) is 6.65. The summed E-state index contributed by atoms with van der Waals surface area (Å²) in [6.07, 6.45) is 1.84. The molecule has 0 unspecified atom stereocenters. The van der Waals surface area contributed by atoms with Gasteiger partial charge >= 0.3 is 0 Å². The molecule has 0 aliphatic carbocycles. The van der Waals surface area contributed by atoms with E-state index in [4.69, 9.17) is 0 Å². The highest BCUT2D eigenvalue weighted by Crippen LogP contribution is 2.31. The number of nitrogens with zero attached hydrogens (tertiary/aromatic N) is 2. The number of thiazole rings is 1. The largest absolute Gasteiger partial charge is 0.241 e. The van der Waals surface area contributed by atoms with Crippen molar-refractivity contribution in [2.45, 2.75) is 6.92 Å². The van der Waals surface area contributed by atoms with Crippen molar-refractivity contribution in [3.8, 4) is 16.5 Å². The number of aromatic nitrogens is 1. The highest BCUT2D eigenvalue weighted by atomic mass is 32.1. The Bertz CT molecular complexity index is 867. The molecular formula is C17H11FN2S2. The minimum absolute atomic E-state index is 0.244. The van der Waals surface area contributed by atoms with Crippen molar-refractivity contribution in [1.29, 1.82) is 5.26 Å². The van der Waals surface area contributed by atoms with Crippen molar-refractivity contribution in [1.82, 2.24) is 4.98 Å². The third-order valence-electron chi connectivity index (χ3n) is 3.01. The smallest absolute Gasteiger partial charge is 0.134 e. The fraction of sp³-hybridized carbons (Fsp3) is 0.0588. The van der Waals surface area contributed by atoms with E-state index in [1.807, 2.05) is 30.5 Å². The second kappa shape index (κ2) is 6.22. The number of allylic oxidation sites excluding steroid dienone is 1.